The lowest BCUT2D eigenvalue weighted by molar-refractivity contribution is 0.262. The van der Waals surface area contributed by atoms with Gasteiger partial charge in [0.05, 0.1) is 5.56 Å². The molecule has 0 saturated heterocycles. The fourth-order valence-electron chi connectivity index (χ4n) is 1.84. The summed E-state index contributed by atoms with van der Waals surface area (Å²) in [6.45, 7) is 8.23. The van der Waals surface area contributed by atoms with Gasteiger partial charge in [-0.3, -0.25) is 5.32 Å². The minimum atomic E-state index is -0.345. The number of nitriles is 1. The van der Waals surface area contributed by atoms with Crippen molar-refractivity contribution >= 4 is 28.1 Å². The number of carbonyl (C=O) groups excluding carboxylic acids is 1. The zero-order valence-corrected chi connectivity index (χ0v) is 14.0. The van der Waals surface area contributed by atoms with Crippen molar-refractivity contribution in [2.24, 2.45) is 0 Å². The van der Waals surface area contributed by atoms with Crippen molar-refractivity contribution in [2.45, 2.75) is 33.1 Å². The standard InChI is InChI=1S/C17H19N3OS/c1-11-5-7-13(8-6-11)19-16(21)20-15-12(10-18)9-14(22-15)17(2,3)4/h5-9H,1-4H3,(H2,19,20,21). The van der Waals surface area contributed by atoms with Crippen LogP contribution in [-0.4, -0.2) is 6.03 Å². The molecule has 0 aliphatic heterocycles. The summed E-state index contributed by atoms with van der Waals surface area (Å²) in [6.07, 6.45) is 0. The Morgan fingerprint density at radius 2 is 1.82 bits per heavy atom. The Balaban J connectivity index is 2.13. The van der Waals surface area contributed by atoms with Crippen molar-refractivity contribution in [3.05, 3.63) is 46.3 Å². The number of aryl methyl sites for hydroxylation is 1. The van der Waals surface area contributed by atoms with Crippen LogP contribution in [-0.2, 0) is 5.41 Å². The summed E-state index contributed by atoms with van der Waals surface area (Å²) < 4.78 is 0. The first kappa shape index (κ1) is 16.1. The molecule has 2 rings (SSSR count). The molecule has 114 valence electrons. The van der Waals surface area contributed by atoms with E-state index in [1.807, 2.05) is 37.3 Å². The molecule has 2 amide bonds. The van der Waals surface area contributed by atoms with Gasteiger partial charge in [0.2, 0.25) is 0 Å². The van der Waals surface area contributed by atoms with Crippen LogP contribution in [0.5, 0.6) is 0 Å². The second-order valence-corrected chi connectivity index (χ2v) is 7.21. The third-order valence-corrected chi connectivity index (χ3v) is 4.60. The van der Waals surface area contributed by atoms with Crippen LogP contribution in [0, 0.1) is 18.3 Å². The third kappa shape index (κ3) is 3.86. The Morgan fingerprint density at radius 1 is 1.18 bits per heavy atom. The second kappa shape index (κ2) is 6.20. The van der Waals surface area contributed by atoms with Gasteiger partial charge in [-0.05, 0) is 30.5 Å². The van der Waals surface area contributed by atoms with Gasteiger partial charge in [-0.15, -0.1) is 11.3 Å². The fraction of sp³-hybridized carbons (Fsp3) is 0.294. The molecule has 0 bridgehead atoms. The molecule has 22 heavy (non-hydrogen) atoms. The van der Waals surface area contributed by atoms with Crippen LogP contribution in [0.25, 0.3) is 0 Å². The van der Waals surface area contributed by atoms with Crippen LogP contribution < -0.4 is 10.6 Å². The SMILES string of the molecule is Cc1ccc(NC(=O)Nc2sc(C(C)(C)C)cc2C#N)cc1. The van der Waals surface area contributed by atoms with Crippen LogP contribution in [0.2, 0.25) is 0 Å². The fourth-order valence-corrected chi connectivity index (χ4v) is 2.90. The minimum absolute atomic E-state index is 0.0520. The van der Waals surface area contributed by atoms with E-state index >= 15 is 0 Å². The number of rotatable bonds is 2. The molecule has 0 saturated carbocycles. The molecule has 1 heterocycles. The van der Waals surface area contributed by atoms with Gasteiger partial charge < -0.3 is 5.32 Å². The predicted octanol–water partition coefficient (Wildman–Crippen LogP) is 4.87. The van der Waals surface area contributed by atoms with E-state index in [9.17, 15) is 10.1 Å². The number of urea groups is 1. The lowest BCUT2D eigenvalue weighted by Gasteiger charge is -2.15. The van der Waals surface area contributed by atoms with Crippen LogP contribution in [0.1, 0.15) is 36.8 Å². The quantitative estimate of drug-likeness (QED) is 0.830. The van der Waals surface area contributed by atoms with Crippen molar-refractivity contribution in [2.75, 3.05) is 10.6 Å². The summed E-state index contributed by atoms with van der Waals surface area (Å²) in [5.41, 5.74) is 2.29. The maximum atomic E-state index is 12.1. The summed E-state index contributed by atoms with van der Waals surface area (Å²) >= 11 is 1.44. The van der Waals surface area contributed by atoms with Gasteiger partial charge >= 0.3 is 6.03 Å². The zero-order valence-electron chi connectivity index (χ0n) is 13.2. The van der Waals surface area contributed by atoms with E-state index in [2.05, 4.69) is 37.5 Å². The average molecular weight is 313 g/mol. The highest BCUT2D eigenvalue weighted by Crippen LogP contribution is 2.35. The number of benzene rings is 1. The first-order valence-corrected chi connectivity index (χ1v) is 7.80. The molecule has 0 atom stereocenters. The molecule has 1 aromatic heterocycles. The molecule has 0 spiro atoms. The van der Waals surface area contributed by atoms with Crippen LogP contribution >= 0.6 is 11.3 Å². The van der Waals surface area contributed by atoms with Crippen LogP contribution in [0.4, 0.5) is 15.5 Å². The van der Waals surface area contributed by atoms with E-state index < -0.39 is 0 Å². The number of hydrogen-bond acceptors (Lipinski definition) is 3. The molecule has 2 N–H and O–H groups in total. The predicted molar refractivity (Wildman–Crippen MR) is 91.6 cm³/mol. The van der Waals surface area contributed by atoms with Gasteiger partial charge in [0, 0.05) is 10.6 Å². The van der Waals surface area contributed by atoms with Gasteiger partial charge in [-0.2, -0.15) is 5.26 Å². The minimum Gasteiger partial charge on any atom is -0.308 e. The lowest BCUT2D eigenvalue weighted by atomic mass is 9.94. The monoisotopic (exact) mass is 313 g/mol. The van der Waals surface area contributed by atoms with Crippen LogP contribution in [0.3, 0.4) is 0 Å². The summed E-state index contributed by atoms with van der Waals surface area (Å²) in [5.74, 6) is 0. The highest BCUT2D eigenvalue weighted by Gasteiger charge is 2.20. The molecule has 0 unspecified atom stereocenters. The summed E-state index contributed by atoms with van der Waals surface area (Å²) in [6, 6.07) is 11.2. The Kier molecular flexibility index (Phi) is 4.53. The van der Waals surface area contributed by atoms with Gasteiger partial charge in [-0.25, -0.2) is 4.79 Å². The topological polar surface area (TPSA) is 64.9 Å². The number of nitrogens with one attached hydrogen (secondary N) is 2. The largest absolute Gasteiger partial charge is 0.324 e. The van der Waals surface area contributed by atoms with Crippen molar-refractivity contribution in [1.82, 2.24) is 0 Å². The summed E-state index contributed by atoms with van der Waals surface area (Å²) in [7, 11) is 0. The van der Waals surface area contributed by atoms with E-state index in [1.54, 1.807) is 0 Å². The smallest absolute Gasteiger partial charge is 0.308 e. The van der Waals surface area contributed by atoms with E-state index in [0.29, 0.717) is 16.3 Å². The van der Waals surface area contributed by atoms with Crippen molar-refractivity contribution in [1.29, 1.82) is 5.26 Å². The Labute approximate surface area is 134 Å². The first-order valence-electron chi connectivity index (χ1n) is 6.98. The second-order valence-electron chi connectivity index (χ2n) is 6.16. The molecular weight excluding hydrogens is 294 g/mol. The molecule has 0 aliphatic carbocycles. The Hall–Kier alpha value is -2.32. The van der Waals surface area contributed by atoms with Crippen molar-refractivity contribution in [3.8, 4) is 6.07 Å². The van der Waals surface area contributed by atoms with Gasteiger partial charge in [0.25, 0.3) is 0 Å². The molecule has 5 heteroatoms. The molecule has 0 aliphatic rings. The van der Waals surface area contributed by atoms with Crippen molar-refractivity contribution < 1.29 is 4.79 Å². The molecular formula is C17H19N3OS. The first-order chi connectivity index (χ1) is 10.3. The Bertz CT molecular complexity index is 718. The average Bonchev–Trinajstić information content (AvgIpc) is 2.84. The maximum Gasteiger partial charge on any atom is 0.324 e. The number of anilines is 2. The maximum absolute atomic E-state index is 12.1. The van der Waals surface area contributed by atoms with Gasteiger partial charge in [-0.1, -0.05) is 38.5 Å². The number of nitrogens with zero attached hydrogens (tertiary/aromatic N) is 1. The number of thiophene rings is 1. The summed E-state index contributed by atoms with van der Waals surface area (Å²) in [4.78, 5) is 13.1. The highest BCUT2D eigenvalue weighted by atomic mass is 32.1. The molecule has 2 aromatic rings. The number of carbonyl (C=O) groups is 1. The lowest BCUT2D eigenvalue weighted by Crippen LogP contribution is -2.19. The number of hydrogen-bond donors (Lipinski definition) is 2. The number of amides is 2. The molecule has 4 nitrogen and oxygen atoms in total. The Morgan fingerprint density at radius 3 is 2.36 bits per heavy atom. The molecule has 0 fully saturated rings. The molecule has 1 aromatic carbocycles. The van der Waals surface area contributed by atoms with Crippen LogP contribution in [0.15, 0.2) is 30.3 Å². The normalized spacial score (nSPS) is 10.9. The van der Waals surface area contributed by atoms with Gasteiger partial charge in [0.15, 0.2) is 0 Å². The van der Waals surface area contributed by atoms with E-state index in [1.165, 1.54) is 11.3 Å². The summed E-state index contributed by atoms with van der Waals surface area (Å²) in [5, 5.41) is 15.3. The third-order valence-electron chi connectivity index (χ3n) is 3.13. The highest BCUT2D eigenvalue weighted by molar-refractivity contribution is 7.16. The molecule has 0 radical (unpaired) electrons. The zero-order chi connectivity index (χ0) is 16.3. The van der Waals surface area contributed by atoms with Crippen molar-refractivity contribution in [3.63, 3.8) is 0 Å². The van der Waals surface area contributed by atoms with Gasteiger partial charge in [0.1, 0.15) is 11.1 Å². The van der Waals surface area contributed by atoms with E-state index in [-0.39, 0.29) is 11.4 Å². The van der Waals surface area contributed by atoms with E-state index in [4.69, 9.17) is 0 Å². The van der Waals surface area contributed by atoms with E-state index in [0.717, 1.165) is 10.4 Å².